The van der Waals surface area contributed by atoms with Crippen LogP contribution in [0.3, 0.4) is 0 Å². The van der Waals surface area contributed by atoms with E-state index in [2.05, 4.69) is 37.5 Å². The van der Waals surface area contributed by atoms with Gasteiger partial charge in [-0.1, -0.05) is 24.8 Å². The van der Waals surface area contributed by atoms with Crippen molar-refractivity contribution in [3.8, 4) is 11.8 Å². The standard InChI is InChI=1S/C15H20FNO/c1-4-17(12(2)3)11-14-7-8-15(16)10-13(14)6-5-9-18/h7-8,10,12,18H,4,9,11H2,1-3H3. The molecule has 3 heteroatoms. The molecule has 0 unspecified atom stereocenters. The lowest BCUT2D eigenvalue weighted by molar-refractivity contribution is 0.224. The van der Waals surface area contributed by atoms with Gasteiger partial charge in [0.25, 0.3) is 0 Å². The van der Waals surface area contributed by atoms with Gasteiger partial charge in [-0.2, -0.15) is 0 Å². The molecule has 0 saturated carbocycles. The average molecular weight is 249 g/mol. The van der Waals surface area contributed by atoms with Crippen LogP contribution in [0.4, 0.5) is 4.39 Å². The van der Waals surface area contributed by atoms with Crippen molar-refractivity contribution in [2.45, 2.75) is 33.4 Å². The highest BCUT2D eigenvalue weighted by atomic mass is 19.1. The minimum atomic E-state index is -0.298. The molecule has 0 saturated heterocycles. The summed E-state index contributed by atoms with van der Waals surface area (Å²) in [5.41, 5.74) is 1.65. The first-order valence-electron chi connectivity index (χ1n) is 6.20. The molecule has 1 rings (SSSR count). The Morgan fingerprint density at radius 2 is 2.11 bits per heavy atom. The number of halogens is 1. The molecular formula is C15H20FNO. The lowest BCUT2D eigenvalue weighted by atomic mass is 10.1. The van der Waals surface area contributed by atoms with Crippen molar-refractivity contribution >= 4 is 0 Å². The summed E-state index contributed by atoms with van der Waals surface area (Å²) in [5, 5.41) is 8.73. The zero-order valence-corrected chi connectivity index (χ0v) is 11.2. The van der Waals surface area contributed by atoms with Crippen LogP contribution in [-0.4, -0.2) is 29.2 Å². The van der Waals surface area contributed by atoms with Crippen molar-refractivity contribution in [2.24, 2.45) is 0 Å². The summed E-state index contributed by atoms with van der Waals surface area (Å²) in [7, 11) is 0. The van der Waals surface area contributed by atoms with Crippen molar-refractivity contribution in [1.29, 1.82) is 0 Å². The van der Waals surface area contributed by atoms with Crippen molar-refractivity contribution in [3.05, 3.63) is 35.1 Å². The van der Waals surface area contributed by atoms with Crippen LogP contribution in [0.2, 0.25) is 0 Å². The molecule has 18 heavy (non-hydrogen) atoms. The predicted molar refractivity (Wildman–Crippen MR) is 71.6 cm³/mol. The summed E-state index contributed by atoms with van der Waals surface area (Å²) in [6, 6.07) is 5.07. The Morgan fingerprint density at radius 3 is 2.67 bits per heavy atom. The molecule has 1 aromatic rings. The number of rotatable bonds is 4. The predicted octanol–water partition coefficient (Wildman–Crippen LogP) is 2.40. The van der Waals surface area contributed by atoms with Gasteiger partial charge in [0.15, 0.2) is 0 Å². The highest BCUT2D eigenvalue weighted by molar-refractivity contribution is 5.41. The normalized spacial score (nSPS) is 10.6. The van der Waals surface area contributed by atoms with Gasteiger partial charge >= 0.3 is 0 Å². The number of nitrogens with zero attached hydrogens (tertiary/aromatic N) is 1. The highest BCUT2D eigenvalue weighted by Gasteiger charge is 2.10. The third-order valence-electron chi connectivity index (χ3n) is 2.88. The Hall–Kier alpha value is -1.37. The van der Waals surface area contributed by atoms with Crippen LogP contribution < -0.4 is 0 Å². The third-order valence-corrected chi connectivity index (χ3v) is 2.88. The summed E-state index contributed by atoms with van der Waals surface area (Å²) in [4.78, 5) is 2.28. The zero-order valence-electron chi connectivity index (χ0n) is 11.2. The summed E-state index contributed by atoms with van der Waals surface area (Å²) >= 11 is 0. The minimum absolute atomic E-state index is 0.211. The minimum Gasteiger partial charge on any atom is -0.384 e. The van der Waals surface area contributed by atoms with E-state index in [0.29, 0.717) is 11.6 Å². The number of benzene rings is 1. The van der Waals surface area contributed by atoms with E-state index in [1.807, 2.05) is 0 Å². The largest absolute Gasteiger partial charge is 0.384 e. The molecule has 0 heterocycles. The molecule has 0 aliphatic carbocycles. The topological polar surface area (TPSA) is 23.5 Å². The summed E-state index contributed by atoms with van der Waals surface area (Å²) in [6.07, 6.45) is 0. The molecule has 0 atom stereocenters. The van der Waals surface area contributed by atoms with Gasteiger partial charge < -0.3 is 5.11 Å². The van der Waals surface area contributed by atoms with E-state index in [0.717, 1.165) is 18.7 Å². The quantitative estimate of drug-likeness (QED) is 0.828. The molecule has 0 radical (unpaired) electrons. The second kappa shape index (κ2) is 7.15. The number of hydrogen-bond acceptors (Lipinski definition) is 2. The van der Waals surface area contributed by atoms with E-state index in [9.17, 15) is 4.39 Å². The second-order valence-corrected chi connectivity index (χ2v) is 4.42. The number of aliphatic hydroxyl groups is 1. The third kappa shape index (κ3) is 4.14. The van der Waals surface area contributed by atoms with E-state index >= 15 is 0 Å². The molecule has 0 amide bonds. The Morgan fingerprint density at radius 1 is 1.39 bits per heavy atom. The molecular weight excluding hydrogens is 229 g/mol. The summed E-state index contributed by atoms with van der Waals surface area (Å²) in [5.74, 6) is 5.08. The van der Waals surface area contributed by atoms with Gasteiger partial charge in [0, 0.05) is 18.2 Å². The van der Waals surface area contributed by atoms with Crippen LogP contribution in [0.15, 0.2) is 18.2 Å². The van der Waals surface area contributed by atoms with E-state index in [4.69, 9.17) is 5.11 Å². The maximum Gasteiger partial charge on any atom is 0.124 e. The Kier molecular flexibility index (Phi) is 5.84. The molecule has 0 bridgehead atoms. The van der Waals surface area contributed by atoms with Gasteiger partial charge in [-0.3, -0.25) is 4.90 Å². The van der Waals surface area contributed by atoms with Crippen LogP contribution in [0.1, 0.15) is 31.9 Å². The van der Waals surface area contributed by atoms with Gasteiger partial charge in [0.1, 0.15) is 12.4 Å². The molecule has 0 aromatic heterocycles. The fourth-order valence-corrected chi connectivity index (χ4v) is 1.82. The molecule has 1 aromatic carbocycles. The lowest BCUT2D eigenvalue weighted by Gasteiger charge is -2.25. The maximum atomic E-state index is 13.2. The first kappa shape index (κ1) is 14.7. The van der Waals surface area contributed by atoms with E-state index < -0.39 is 0 Å². The van der Waals surface area contributed by atoms with Gasteiger partial charge in [0.05, 0.1) is 0 Å². The van der Waals surface area contributed by atoms with Gasteiger partial charge in [0.2, 0.25) is 0 Å². The molecule has 0 aliphatic rings. The first-order chi connectivity index (χ1) is 8.58. The van der Waals surface area contributed by atoms with Crippen molar-refractivity contribution in [1.82, 2.24) is 4.90 Å². The Balaban J connectivity index is 3.00. The van der Waals surface area contributed by atoms with E-state index in [1.54, 1.807) is 6.07 Å². The van der Waals surface area contributed by atoms with Crippen LogP contribution in [0.5, 0.6) is 0 Å². The number of aliphatic hydroxyl groups excluding tert-OH is 1. The highest BCUT2D eigenvalue weighted by Crippen LogP contribution is 2.14. The van der Waals surface area contributed by atoms with Gasteiger partial charge in [-0.15, -0.1) is 0 Å². The number of hydrogen-bond donors (Lipinski definition) is 1. The fraction of sp³-hybridized carbons (Fsp3) is 0.467. The first-order valence-corrected chi connectivity index (χ1v) is 6.20. The van der Waals surface area contributed by atoms with Gasteiger partial charge in [-0.05, 0) is 38.1 Å². The molecule has 98 valence electrons. The van der Waals surface area contributed by atoms with Crippen LogP contribution in [0, 0.1) is 17.7 Å². The van der Waals surface area contributed by atoms with Gasteiger partial charge in [-0.25, -0.2) is 4.39 Å². The lowest BCUT2D eigenvalue weighted by Crippen LogP contribution is -2.30. The maximum absolute atomic E-state index is 13.2. The zero-order chi connectivity index (χ0) is 13.5. The second-order valence-electron chi connectivity index (χ2n) is 4.42. The average Bonchev–Trinajstić information content (AvgIpc) is 2.34. The van der Waals surface area contributed by atoms with E-state index in [-0.39, 0.29) is 12.4 Å². The van der Waals surface area contributed by atoms with E-state index in [1.165, 1.54) is 12.1 Å². The fourth-order valence-electron chi connectivity index (χ4n) is 1.82. The molecule has 0 aliphatic heterocycles. The van der Waals surface area contributed by atoms with Crippen molar-refractivity contribution in [3.63, 3.8) is 0 Å². The SMILES string of the molecule is CCN(Cc1ccc(F)cc1C#CCO)C(C)C. The summed E-state index contributed by atoms with van der Waals surface area (Å²) < 4.78 is 13.2. The monoisotopic (exact) mass is 249 g/mol. The van der Waals surface area contributed by atoms with Crippen LogP contribution in [0.25, 0.3) is 0 Å². The van der Waals surface area contributed by atoms with Crippen LogP contribution >= 0.6 is 0 Å². The molecule has 2 nitrogen and oxygen atoms in total. The van der Waals surface area contributed by atoms with Crippen molar-refractivity contribution in [2.75, 3.05) is 13.2 Å². The molecule has 0 spiro atoms. The Labute approximate surface area is 108 Å². The Bertz CT molecular complexity index is 446. The summed E-state index contributed by atoms with van der Waals surface area (Å²) in [6.45, 7) is 7.82. The van der Waals surface area contributed by atoms with Crippen LogP contribution in [-0.2, 0) is 6.54 Å². The molecule has 0 fully saturated rings. The van der Waals surface area contributed by atoms with Crippen molar-refractivity contribution < 1.29 is 9.50 Å². The molecule has 1 N–H and O–H groups in total. The smallest absolute Gasteiger partial charge is 0.124 e.